The Morgan fingerprint density at radius 2 is 2.00 bits per heavy atom. The van der Waals surface area contributed by atoms with E-state index in [0.717, 1.165) is 17.7 Å². The van der Waals surface area contributed by atoms with Gasteiger partial charge in [-0.1, -0.05) is 46.8 Å². The number of carbonyl (C=O) groups excluding carboxylic acids is 2. The van der Waals surface area contributed by atoms with E-state index in [0.29, 0.717) is 25.4 Å². The Balaban J connectivity index is 1.73. The van der Waals surface area contributed by atoms with E-state index < -0.39 is 6.04 Å². The van der Waals surface area contributed by atoms with Crippen LogP contribution in [-0.4, -0.2) is 47.4 Å². The molecule has 1 saturated heterocycles. The summed E-state index contributed by atoms with van der Waals surface area (Å²) in [5.41, 5.74) is 6.20. The summed E-state index contributed by atoms with van der Waals surface area (Å²) in [4.78, 5) is 33.7. The summed E-state index contributed by atoms with van der Waals surface area (Å²) < 4.78 is 0. The van der Waals surface area contributed by atoms with Crippen LogP contribution >= 0.6 is 11.3 Å². The summed E-state index contributed by atoms with van der Waals surface area (Å²) in [5.74, 6) is 0.273. The number of hydrogen-bond donors (Lipinski definition) is 2. The number of aromatic nitrogens is 1. The Morgan fingerprint density at radius 1 is 1.27 bits per heavy atom. The van der Waals surface area contributed by atoms with Crippen LogP contribution in [0.3, 0.4) is 0 Å². The first-order valence-corrected chi connectivity index (χ1v) is 12.7. The molecule has 2 aromatic rings. The number of rotatable bonds is 7. The van der Waals surface area contributed by atoms with Crippen molar-refractivity contribution in [3.8, 4) is 10.4 Å². The molecule has 6 nitrogen and oxygen atoms in total. The van der Waals surface area contributed by atoms with Crippen LogP contribution < -0.4 is 10.6 Å². The van der Waals surface area contributed by atoms with Crippen LogP contribution in [0.5, 0.6) is 0 Å². The molecule has 0 aliphatic carbocycles. The summed E-state index contributed by atoms with van der Waals surface area (Å²) in [6.07, 6.45) is 1.56. The Morgan fingerprint density at radius 3 is 2.58 bits per heavy atom. The first kappa shape index (κ1) is 25.4. The summed E-state index contributed by atoms with van der Waals surface area (Å²) in [6.45, 7) is 13.6. The number of likely N-dealkylation sites (N-methyl/N-ethyl adjacent to an activating group) is 1. The van der Waals surface area contributed by atoms with Gasteiger partial charge < -0.3 is 15.5 Å². The molecule has 2 heterocycles. The number of thiazole rings is 1. The number of benzene rings is 1. The second-order valence-electron chi connectivity index (χ2n) is 10.3. The summed E-state index contributed by atoms with van der Waals surface area (Å²) >= 11 is 1.65. The van der Waals surface area contributed by atoms with Gasteiger partial charge in [-0.15, -0.1) is 11.3 Å². The largest absolute Gasteiger partial charge is 0.350 e. The van der Waals surface area contributed by atoms with Gasteiger partial charge in [0, 0.05) is 13.1 Å². The number of likely N-dealkylation sites (tertiary alicyclic amines) is 1. The van der Waals surface area contributed by atoms with Crippen LogP contribution in [-0.2, 0) is 16.1 Å². The number of carbonyl (C=O) groups is 2. The van der Waals surface area contributed by atoms with Gasteiger partial charge >= 0.3 is 0 Å². The van der Waals surface area contributed by atoms with Gasteiger partial charge in [0.25, 0.3) is 0 Å². The van der Waals surface area contributed by atoms with Crippen LogP contribution in [0, 0.1) is 12.3 Å². The molecular weight excluding hydrogens is 432 g/mol. The molecular formula is C26H38N4O2S. The third-order valence-electron chi connectivity index (χ3n) is 6.47. The standard InChI is InChI=1S/C26H38N4O2S/c1-16(2)20-13-18(22-17(3)29-15-33-22)10-11-19(20)14-28-24(31)21-9-8-12-30(21)25(32)23(27-7)26(4,5)6/h10-11,13,15-16,21,23,27H,8-9,12,14H2,1-7H3,(H,28,31). The van der Waals surface area contributed by atoms with Crippen LogP contribution in [0.4, 0.5) is 0 Å². The Bertz CT molecular complexity index is 992. The van der Waals surface area contributed by atoms with E-state index in [1.165, 1.54) is 16.0 Å². The van der Waals surface area contributed by atoms with Crippen LogP contribution in [0.15, 0.2) is 23.7 Å². The van der Waals surface area contributed by atoms with E-state index in [-0.39, 0.29) is 23.3 Å². The van der Waals surface area contributed by atoms with Crippen molar-refractivity contribution in [2.75, 3.05) is 13.6 Å². The molecule has 0 spiro atoms. The zero-order valence-corrected chi connectivity index (χ0v) is 21.8. The fourth-order valence-electron chi connectivity index (χ4n) is 4.71. The number of aryl methyl sites for hydroxylation is 1. The molecule has 0 radical (unpaired) electrons. The van der Waals surface area contributed by atoms with E-state index in [9.17, 15) is 9.59 Å². The lowest BCUT2D eigenvalue weighted by molar-refractivity contribution is -0.142. The van der Waals surface area contributed by atoms with Gasteiger partial charge in [-0.05, 0) is 60.9 Å². The Labute approximate surface area is 202 Å². The minimum Gasteiger partial charge on any atom is -0.350 e. The van der Waals surface area contributed by atoms with Gasteiger partial charge in [0.15, 0.2) is 0 Å². The maximum absolute atomic E-state index is 13.2. The summed E-state index contributed by atoms with van der Waals surface area (Å²) in [6, 6.07) is 5.72. The first-order valence-electron chi connectivity index (χ1n) is 11.8. The molecule has 7 heteroatoms. The maximum Gasteiger partial charge on any atom is 0.243 e. The van der Waals surface area contributed by atoms with E-state index in [2.05, 4.69) is 47.7 Å². The molecule has 2 unspecified atom stereocenters. The molecule has 2 amide bonds. The van der Waals surface area contributed by atoms with E-state index in [4.69, 9.17) is 0 Å². The fourth-order valence-corrected chi connectivity index (χ4v) is 5.51. The van der Waals surface area contributed by atoms with Gasteiger partial charge in [0.05, 0.1) is 22.1 Å². The third kappa shape index (κ3) is 5.64. The molecule has 2 N–H and O–H groups in total. The Kier molecular flexibility index (Phi) is 7.96. The van der Waals surface area contributed by atoms with Crippen LogP contribution in [0.1, 0.15) is 70.2 Å². The van der Waals surface area contributed by atoms with Crippen molar-refractivity contribution in [2.24, 2.45) is 5.41 Å². The highest BCUT2D eigenvalue weighted by atomic mass is 32.1. The molecule has 0 saturated carbocycles. The molecule has 1 aliphatic heterocycles. The van der Waals surface area contributed by atoms with E-state index in [1.807, 2.05) is 40.3 Å². The molecule has 33 heavy (non-hydrogen) atoms. The molecule has 3 rings (SSSR count). The van der Waals surface area contributed by atoms with Crippen molar-refractivity contribution in [3.05, 3.63) is 40.5 Å². The molecule has 1 fully saturated rings. The van der Waals surface area contributed by atoms with Crippen molar-refractivity contribution in [1.82, 2.24) is 20.5 Å². The molecule has 180 valence electrons. The number of hydrogen-bond acceptors (Lipinski definition) is 5. The SMILES string of the molecule is CNC(C(=O)N1CCCC1C(=O)NCc1ccc(-c2scnc2C)cc1C(C)C)C(C)(C)C. The van der Waals surface area contributed by atoms with Crippen molar-refractivity contribution in [3.63, 3.8) is 0 Å². The summed E-state index contributed by atoms with van der Waals surface area (Å²) in [7, 11) is 1.81. The van der Waals surface area contributed by atoms with Crippen molar-refractivity contribution in [1.29, 1.82) is 0 Å². The number of amides is 2. The highest BCUT2D eigenvalue weighted by Gasteiger charge is 2.40. The normalized spacial score (nSPS) is 17.5. The molecule has 0 bridgehead atoms. The zero-order chi connectivity index (χ0) is 24.3. The lowest BCUT2D eigenvalue weighted by Gasteiger charge is -2.34. The first-order chi connectivity index (χ1) is 15.5. The van der Waals surface area contributed by atoms with E-state index in [1.54, 1.807) is 16.2 Å². The smallest absolute Gasteiger partial charge is 0.243 e. The van der Waals surface area contributed by atoms with Gasteiger partial charge in [-0.3, -0.25) is 9.59 Å². The lowest BCUT2D eigenvalue weighted by atomic mass is 9.86. The van der Waals surface area contributed by atoms with Gasteiger partial charge in [-0.2, -0.15) is 0 Å². The topological polar surface area (TPSA) is 74.3 Å². The highest BCUT2D eigenvalue weighted by Crippen LogP contribution is 2.31. The third-order valence-corrected chi connectivity index (χ3v) is 7.45. The predicted octanol–water partition coefficient (Wildman–Crippen LogP) is 4.48. The minimum atomic E-state index is -0.405. The monoisotopic (exact) mass is 470 g/mol. The molecule has 1 aromatic carbocycles. The Hall–Kier alpha value is -2.25. The van der Waals surface area contributed by atoms with E-state index >= 15 is 0 Å². The highest BCUT2D eigenvalue weighted by molar-refractivity contribution is 7.13. The molecule has 1 aliphatic rings. The second kappa shape index (κ2) is 10.3. The van der Waals surface area contributed by atoms with Gasteiger partial charge in [0.2, 0.25) is 11.8 Å². The van der Waals surface area contributed by atoms with Crippen molar-refractivity contribution in [2.45, 2.75) is 78.9 Å². The number of nitrogens with one attached hydrogen (secondary N) is 2. The van der Waals surface area contributed by atoms with Crippen molar-refractivity contribution < 1.29 is 9.59 Å². The number of nitrogens with zero attached hydrogens (tertiary/aromatic N) is 2. The average Bonchev–Trinajstić information content (AvgIpc) is 3.40. The lowest BCUT2D eigenvalue weighted by Crippen LogP contribution is -2.55. The molecule has 1 aromatic heterocycles. The minimum absolute atomic E-state index is 0.00907. The zero-order valence-electron chi connectivity index (χ0n) is 21.0. The predicted molar refractivity (Wildman–Crippen MR) is 135 cm³/mol. The quantitative estimate of drug-likeness (QED) is 0.626. The van der Waals surface area contributed by atoms with Crippen LogP contribution in [0.2, 0.25) is 0 Å². The van der Waals surface area contributed by atoms with Gasteiger partial charge in [0.1, 0.15) is 6.04 Å². The summed E-state index contributed by atoms with van der Waals surface area (Å²) in [5, 5.41) is 6.27. The van der Waals surface area contributed by atoms with Crippen molar-refractivity contribution >= 4 is 23.2 Å². The second-order valence-corrected chi connectivity index (χ2v) is 11.2. The molecule has 2 atom stereocenters. The van der Waals surface area contributed by atoms with Gasteiger partial charge in [-0.25, -0.2) is 4.98 Å². The maximum atomic E-state index is 13.2. The van der Waals surface area contributed by atoms with Crippen LogP contribution in [0.25, 0.3) is 10.4 Å². The fraction of sp³-hybridized carbons (Fsp3) is 0.577. The average molecular weight is 471 g/mol.